The number of hydrogen-bond donors (Lipinski definition) is 5. The number of methoxy groups -OCH3 is 1. The standard InChI is InChI=1S/C29H31ClF5N9O5/c1-42-19(15-10-44(22-6-28(22,31)32)41-23(15)29(33,34)35)8-37-24(42)26(47)38-13-3-4-14(16(30)5-13)25(46)39-18-11-43(12-21(18)49-2)27(48)40-17-7-36-9-20(17)45/h3-5,8,10,17-18,20-22,36,45H,6-7,9,11-12H2,1-2H3,(H,38,47)(H,39,46)(H,40,48). The van der Waals surface area contributed by atoms with Crippen LogP contribution >= 0.6 is 11.6 Å². The van der Waals surface area contributed by atoms with Crippen molar-refractivity contribution in [3.63, 3.8) is 0 Å². The van der Waals surface area contributed by atoms with E-state index in [0.717, 1.165) is 17.0 Å². The molecule has 3 aliphatic rings. The first-order valence-corrected chi connectivity index (χ1v) is 15.4. The number of β-amino-alcohol motifs (C(OH)–C–C–N with tert-alkyl or cyclic N) is 1. The summed E-state index contributed by atoms with van der Waals surface area (Å²) in [6.07, 6.45) is -4.97. The highest BCUT2D eigenvalue weighted by Crippen LogP contribution is 2.53. The zero-order valence-electron chi connectivity index (χ0n) is 25.9. The Bertz CT molecular complexity index is 1780. The lowest BCUT2D eigenvalue weighted by Crippen LogP contribution is -2.49. The number of halogens is 6. The number of ether oxygens (including phenoxy) is 1. The van der Waals surface area contributed by atoms with E-state index in [1.807, 2.05) is 0 Å². The van der Waals surface area contributed by atoms with Crippen LogP contribution in [-0.4, -0.2) is 111 Å². The molecule has 20 heteroatoms. The molecule has 2 aromatic heterocycles. The molecule has 0 bridgehead atoms. The lowest BCUT2D eigenvalue weighted by atomic mass is 10.1. The van der Waals surface area contributed by atoms with E-state index in [0.29, 0.717) is 17.8 Å². The number of anilines is 1. The van der Waals surface area contributed by atoms with Gasteiger partial charge < -0.3 is 40.6 Å². The van der Waals surface area contributed by atoms with Crippen molar-refractivity contribution in [3.05, 3.63) is 52.7 Å². The zero-order chi connectivity index (χ0) is 35.4. The molecule has 4 amide bonds. The number of imidazole rings is 1. The van der Waals surface area contributed by atoms with Gasteiger partial charge in [-0.25, -0.2) is 18.6 Å². The second-order valence-electron chi connectivity index (χ2n) is 12.1. The van der Waals surface area contributed by atoms with Gasteiger partial charge in [0.15, 0.2) is 11.5 Å². The van der Waals surface area contributed by atoms with E-state index in [9.17, 15) is 41.4 Å². The van der Waals surface area contributed by atoms with Crippen molar-refractivity contribution >= 4 is 35.1 Å². The van der Waals surface area contributed by atoms with Crippen molar-refractivity contribution in [2.24, 2.45) is 7.05 Å². The molecule has 0 radical (unpaired) electrons. The SMILES string of the molecule is COC1CN(C(=O)NC2CNCC2O)CC1NC(=O)c1ccc(NC(=O)c2ncc(-c3cn(C4CC4(F)F)nc3C(F)(F)F)n2C)cc1Cl. The molecule has 0 spiro atoms. The van der Waals surface area contributed by atoms with Crippen LogP contribution in [0.4, 0.5) is 32.4 Å². The Morgan fingerprint density at radius 1 is 1.12 bits per heavy atom. The highest BCUT2D eigenvalue weighted by atomic mass is 35.5. The highest BCUT2D eigenvalue weighted by Gasteiger charge is 2.59. The number of hydrogen-bond acceptors (Lipinski definition) is 8. The quantitative estimate of drug-likeness (QED) is 0.222. The number of carbonyl (C=O) groups excluding carboxylic acids is 3. The van der Waals surface area contributed by atoms with E-state index in [1.54, 1.807) is 0 Å². The minimum absolute atomic E-state index is 0.0424. The third-order valence-corrected chi connectivity index (χ3v) is 9.03. The molecule has 3 aromatic rings. The first kappa shape index (κ1) is 34.5. The monoisotopic (exact) mass is 715 g/mol. The largest absolute Gasteiger partial charge is 0.435 e. The minimum Gasteiger partial charge on any atom is -0.390 e. The molecule has 5 unspecified atom stereocenters. The van der Waals surface area contributed by atoms with Crippen LogP contribution < -0.4 is 21.3 Å². The summed E-state index contributed by atoms with van der Waals surface area (Å²) in [6.45, 7) is 1.10. The molecule has 264 valence electrons. The van der Waals surface area contributed by atoms with Gasteiger partial charge in [-0.1, -0.05) is 11.6 Å². The fourth-order valence-electron chi connectivity index (χ4n) is 5.89. The summed E-state index contributed by atoms with van der Waals surface area (Å²) in [7, 11) is 2.74. The van der Waals surface area contributed by atoms with Crippen molar-refractivity contribution < 1.29 is 46.2 Å². The molecule has 1 saturated carbocycles. The van der Waals surface area contributed by atoms with Crippen molar-refractivity contribution in [1.82, 2.24) is 40.2 Å². The van der Waals surface area contributed by atoms with Gasteiger partial charge >= 0.3 is 12.2 Å². The Morgan fingerprint density at radius 2 is 1.86 bits per heavy atom. The van der Waals surface area contributed by atoms with Crippen LogP contribution in [0.3, 0.4) is 0 Å². The molecule has 2 aliphatic heterocycles. The van der Waals surface area contributed by atoms with Crippen LogP contribution in [0.1, 0.15) is 39.1 Å². The van der Waals surface area contributed by atoms with Gasteiger partial charge in [-0.05, 0) is 18.2 Å². The van der Waals surface area contributed by atoms with Gasteiger partial charge in [0.1, 0.15) is 6.04 Å². The summed E-state index contributed by atoms with van der Waals surface area (Å²) >= 11 is 6.39. The molecule has 14 nitrogen and oxygen atoms in total. The highest BCUT2D eigenvalue weighted by molar-refractivity contribution is 6.34. The topological polar surface area (TPSA) is 168 Å². The van der Waals surface area contributed by atoms with Crippen LogP contribution in [0.2, 0.25) is 5.02 Å². The predicted molar refractivity (Wildman–Crippen MR) is 162 cm³/mol. The number of alkyl halides is 5. The van der Waals surface area contributed by atoms with Crippen molar-refractivity contribution in [3.8, 4) is 11.3 Å². The number of likely N-dealkylation sites (tertiary alicyclic amines) is 1. The Morgan fingerprint density at radius 3 is 2.47 bits per heavy atom. The molecule has 4 heterocycles. The van der Waals surface area contributed by atoms with Crippen LogP contribution in [0.15, 0.2) is 30.6 Å². The number of nitrogens with one attached hydrogen (secondary N) is 4. The van der Waals surface area contributed by atoms with Crippen LogP contribution in [0.25, 0.3) is 11.3 Å². The van der Waals surface area contributed by atoms with E-state index < -0.39 is 78.0 Å². The van der Waals surface area contributed by atoms with Crippen LogP contribution in [-0.2, 0) is 18.0 Å². The minimum atomic E-state index is -4.96. The number of benzene rings is 1. The van der Waals surface area contributed by atoms with Gasteiger partial charge in [0, 0.05) is 52.1 Å². The van der Waals surface area contributed by atoms with Crippen LogP contribution in [0, 0.1) is 0 Å². The normalized spacial score (nSPS) is 24.6. The summed E-state index contributed by atoms with van der Waals surface area (Å²) in [6, 6.07) is 1.08. The lowest BCUT2D eigenvalue weighted by Gasteiger charge is -2.22. The first-order chi connectivity index (χ1) is 23.1. The van der Waals surface area contributed by atoms with Crippen molar-refractivity contribution in [1.29, 1.82) is 0 Å². The summed E-state index contributed by atoms with van der Waals surface area (Å²) in [5, 5.41) is 24.4. The molecule has 1 aliphatic carbocycles. The molecule has 6 rings (SSSR count). The maximum atomic E-state index is 13.8. The number of urea groups is 1. The maximum absolute atomic E-state index is 13.8. The molecule has 5 atom stereocenters. The molecule has 3 fully saturated rings. The second-order valence-corrected chi connectivity index (χ2v) is 12.5. The van der Waals surface area contributed by atoms with Gasteiger partial charge in [0.05, 0.1) is 58.9 Å². The number of nitrogens with zero attached hydrogens (tertiary/aromatic N) is 5. The average molecular weight is 716 g/mol. The third-order valence-electron chi connectivity index (χ3n) is 8.72. The fourth-order valence-corrected chi connectivity index (χ4v) is 6.16. The molecule has 2 saturated heterocycles. The van der Waals surface area contributed by atoms with E-state index in [2.05, 4.69) is 31.3 Å². The van der Waals surface area contributed by atoms with Crippen LogP contribution in [0.5, 0.6) is 0 Å². The Labute approximate surface area is 279 Å². The zero-order valence-corrected chi connectivity index (χ0v) is 26.6. The van der Waals surface area contributed by atoms with Gasteiger partial charge in [0.2, 0.25) is 0 Å². The molecular formula is C29H31ClF5N9O5. The second kappa shape index (κ2) is 12.8. The summed E-state index contributed by atoms with van der Waals surface area (Å²) in [5.74, 6) is -4.87. The van der Waals surface area contributed by atoms with E-state index in [-0.39, 0.29) is 40.9 Å². The maximum Gasteiger partial charge on any atom is 0.435 e. The van der Waals surface area contributed by atoms with Gasteiger partial charge in [-0.3, -0.25) is 14.3 Å². The fraction of sp³-hybridized carbons (Fsp3) is 0.483. The number of aliphatic hydroxyl groups excluding tert-OH is 1. The smallest absolute Gasteiger partial charge is 0.390 e. The summed E-state index contributed by atoms with van der Waals surface area (Å²) in [5.41, 5.74) is -1.90. The van der Waals surface area contributed by atoms with Crippen molar-refractivity contribution in [2.75, 3.05) is 38.6 Å². The summed E-state index contributed by atoms with van der Waals surface area (Å²) in [4.78, 5) is 44.4. The Kier molecular flexibility index (Phi) is 9.05. The number of aromatic nitrogens is 4. The molecular weight excluding hydrogens is 685 g/mol. The average Bonchev–Trinajstić information content (AvgIpc) is 3.57. The number of amides is 4. The van der Waals surface area contributed by atoms with E-state index in [1.165, 1.54) is 37.3 Å². The number of rotatable bonds is 8. The Hall–Kier alpha value is -4.33. The predicted octanol–water partition coefficient (Wildman–Crippen LogP) is 2.26. The number of aliphatic hydroxyl groups is 1. The molecule has 5 N–H and O–H groups in total. The van der Waals surface area contributed by atoms with Gasteiger partial charge in [-0.2, -0.15) is 18.3 Å². The summed E-state index contributed by atoms with van der Waals surface area (Å²) < 4.78 is 75.6. The lowest BCUT2D eigenvalue weighted by molar-refractivity contribution is -0.141. The molecule has 49 heavy (non-hydrogen) atoms. The van der Waals surface area contributed by atoms with E-state index >= 15 is 0 Å². The number of carbonyl (C=O) groups is 3. The van der Waals surface area contributed by atoms with Gasteiger partial charge in [0.25, 0.3) is 17.7 Å². The van der Waals surface area contributed by atoms with E-state index in [4.69, 9.17) is 16.3 Å². The van der Waals surface area contributed by atoms with Gasteiger partial charge in [-0.15, -0.1) is 0 Å². The molecule has 1 aromatic carbocycles. The Balaban J connectivity index is 1.11. The first-order valence-electron chi connectivity index (χ1n) is 15.0. The van der Waals surface area contributed by atoms with Crippen molar-refractivity contribution in [2.45, 2.75) is 48.9 Å². The third kappa shape index (κ3) is 6.92.